The lowest BCUT2D eigenvalue weighted by molar-refractivity contribution is 0.413. The number of nitrogens with zero attached hydrogens (tertiary/aromatic N) is 3. The number of para-hydroxylation sites is 1. The number of benzene rings is 3. The molecule has 3 aromatic carbocycles. The van der Waals surface area contributed by atoms with Crippen molar-refractivity contribution in [1.29, 1.82) is 0 Å². The summed E-state index contributed by atoms with van der Waals surface area (Å²) in [5, 5.41) is 12.3. The Balaban J connectivity index is 1.81. The molecule has 0 radical (unpaired) electrons. The van der Waals surface area contributed by atoms with Crippen LogP contribution in [0, 0.1) is 0 Å². The van der Waals surface area contributed by atoms with E-state index >= 15 is 0 Å². The second-order valence-corrected chi connectivity index (χ2v) is 7.09. The predicted octanol–water partition coefficient (Wildman–Crippen LogP) is 3.65. The van der Waals surface area contributed by atoms with Crippen LogP contribution < -0.4 is 11.2 Å². The standard InChI is InChI=1S/C24H17N3O3/c1-26-22(28)19(13-16-14-25-20-11-5-4-9-17(16)20)23(29)27(24(26)30)21-12-6-8-15-7-2-3-10-18(15)21/h2-14,28H,1H3. The van der Waals surface area contributed by atoms with Gasteiger partial charge in [0.05, 0.1) is 11.4 Å². The molecule has 1 aromatic heterocycles. The minimum atomic E-state index is -0.614. The average molecular weight is 395 g/mol. The number of hydrogen-bond donors (Lipinski definition) is 1. The zero-order valence-electron chi connectivity index (χ0n) is 16.1. The maximum Gasteiger partial charge on any atom is 0.338 e. The van der Waals surface area contributed by atoms with Gasteiger partial charge in [-0.15, -0.1) is 0 Å². The first-order valence-electron chi connectivity index (χ1n) is 9.44. The lowest BCUT2D eigenvalue weighted by Gasteiger charge is -2.13. The van der Waals surface area contributed by atoms with Gasteiger partial charge in [-0.25, -0.2) is 9.36 Å². The third-order valence-electron chi connectivity index (χ3n) is 5.34. The van der Waals surface area contributed by atoms with Crippen molar-refractivity contribution >= 4 is 34.3 Å². The van der Waals surface area contributed by atoms with Gasteiger partial charge in [0.1, 0.15) is 5.56 Å². The molecule has 30 heavy (non-hydrogen) atoms. The van der Waals surface area contributed by atoms with Crippen LogP contribution in [0.5, 0.6) is 5.88 Å². The van der Waals surface area contributed by atoms with Crippen molar-refractivity contribution in [1.82, 2.24) is 9.13 Å². The highest BCUT2D eigenvalue weighted by Crippen LogP contribution is 2.32. The van der Waals surface area contributed by atoms with Gasteiger partial charge >= 0.3 is 5.69 Å². The van der Waals surface area contributed by atoms with Crippen LogP contribution >= 0.6 is 0 Å². The highest BCUT2D eigenvalue weighted by molar-refractivity contribution is 6.21. The van der Waals surface area contributed by atoms with Crippen molar-refractivity contribution in [3.8, 4) is 11.6 Å². The number of hydrogen-bond acceptors (Lipinski definition) is 4. The molecular formula is C24H17N3O3. The summed E-state index contributed by atoms with van der Waals surface area (Å²) in [4.78, 5) is 30.7. The summed E-state index contributed by atoms with van der Waals surface area (Å²) in [5.74, 6) is -0.383. The Labute approximate surface area is 171 Å². The van der Waals surface area contributed by atoms with Gasteiger partial charge < -0.3 is 5.11 Å². The molecule has 6 nitrogen and oxygen atoms in total. The Morgan fingerprint density at radius 1 is 0.933 bits per heavy atom. The van der Waals surface area contributed by atoms with E-state index in [0.717, 1.165) is 31.2 Å². The predicted molar refractivity (Wildman–Crippen MR) is 119 cm³/mol. The van der Waals surface area contributed by atoms with E-state index in [1.165, 1.54) is 7.05 Å². The van der Waals surface area contributed by atoms with Crippen LogP contribution in [0.3, 0.4) is 0 Å². The van der Waals surface area contributed by atoms with Gasteiger partial charge in [-0.2, -0.15) is 0 Å². The molecule has 0 amide bonds. The molecule has 2 heterocycles. The highest BCUT2D eigenvalue weighted by atomic mass is 16.3. The molecule has 0 fully saturated rings. The first kappa shape index (κ1) is 17.9. The van der Waals surface area contributed by atoms with Gasteiger partial charge in [-0.1, -0.05) is 54.6 Å². The van der Waals surface area contributed by atoms with Gasteiger partial charge in [-0.3, -0.25) is 14.4 Å². The van der Waals surface area contributed by atoms with Gasteiger partial charge in [0.25, 0.3) is 5.56 Å². The lowest BCUT2D eigenvalue weighted by atomic mass is 10.0. The largest absolute Gasteiger partial charge is 0.494 e. The maximum atomic E-state index is 13.4. The van der Waals surface area contributed by atoms with E-state index < -0.39 is 11.2 Å². The molecule has 6 heteroatoms. The van der Waals surface area contributed by atoms with Gasteiger partial charge in [-0.05, 0) is 23.6 Å². The highest BCUT2D eigenvalue weighted by Gasteiger charge is 2.20. The number of aromatic hydroxyl groups is 1. The van der Waals surface area contributed by atoms with Crippen LogP contribution in [0.4, 0.5) is 5.69 Å². The summed E-state index contributed by atoms with van der Waals surface area (Å²) in [6.45, 7) is 0. The third-order valence-corrected chi connectivity index (χ3v) is 5.34. The van der Waals surface area contributed by atoms with Crippen LogP contribution in [-0.4, -0.2) is 20.5 Å². The van der Waals surface area contributed by atoms with Crippen molar-refractivity contribution in [2.24, 2.45) is 12.0 Å². The topological polar surface area (TPSA) is 76.6 Å². The maximum absolute atomic E-state index is 13.4. The molecule has 0 bridgehead atoms. The summed E-state index contributed by atoms with van der Waals surface area (Å²) >= 11 is 0. The van der Waals surface area contributed by atoms with Crippen LogP contribution in [0.1, 0.15) is 11.1 Å². The molecule has 0 unspecified atom stereocenters. The van der Waals surface area contributed by atoms with E-state index in [4.69, 9.17) is 0 Å². The Bertz CT molecular complexity index is 1500. The van der Waals surface area contributed by atoms with Gasteiger partial charge in [0.15, 0.2) is 0 Å². The Morgan fingerprint density at radius 2 is 1.67 bits per heavy atom. The molecule has 1 N–H and O–H groups in total. The fraction of sp³-hybridized carbons (Fsp3) is 0.0417. The Morgan fingerprint density at radius 3 is 2.53 bits per heavy atom. The van der Waals surface area contributed by atoms with Crippen molar-refractivity contribution in [2.45, 2.75) is 0 Å². The monoisotopic (exact) mass is 395 g/mol. The second-order valence-electron chi connectivity index (χ2n) is 7.09. The van der Waals surface area contributed by atoms with Gasteiger partial charge in [0, 0.05) is 29.8 Å². The van der Waals surface area contributed by atoms with Crippen molar-refractivity contribution in [3.05, 3.63) is 98.7 Å². The summed E-state index contributed by atoms with van der Waals surface area (Å²) in [5.41, 5.74) is 1.65. The van der Waals surface area contributed by atoms with Crippen LogP contribution in [0.25, 0.3) is 28.1 Å². The minimum absolute atomic E-state index is 0.0307. The summed E-state index contributed by atoms with van der Waals surface area (Å²) in [7, 11) is 1.44. The van der Waals surface area contributed by atoms with E-state index in [1.807, 2.05) is 54.6 Å². The number of fused-ring (bicyclic) bond motifs is 2. The molecule has 0 spiro atoms. The van der Waals surface area contributed by atoms with E-state index in [0.29, 0.717) is 11.3 Å². The number of aromatic nitrogens is 2. The second kappa shape index (κ2) is 6.70. The zero-order valence-corrected chi connectivity index (χ0v) is 16.1. The molecular weight excluding hydrogens is 378 g/mol. The fourth-order valence-corrected chi connectivity index (χ4v) is 3.78. The van der Waals surface area contributed by atoms with E-state index in [9.17, 15) is 14.7 Å². The molecule has 1 aliphatic heterocycles. The average Bonchev–Trinajstić information content (AvgIpc) is 3.18. The normalized spacial score (nSPS) is 13.8. The minimum Gasteiger partial charge on any atom is -0.494 e. The third kappa shape index (κ3) is 2.62. The van der Waals surface area contributed by atoms with Crippen LogP contribution in [-0.2, 0) is 7.05 Å². The molecule has 0 saturated heterocycles. The smallest absolute Gasteiger partial charge is 0.338 e. The molecule has 5 rings (SSSR count). The van der Waals surface area contributed by atoms with Crippen molar-refractivity contribution in [3.63, 3.8) is 0 Å². The van der Waals surface area contributed by atoms with Gasteiger partial charge in [0.2, 0.25) is 5.88 Å². The Hall–Kier alpha value is -4.19. The molecule has 0 saturated carbocycles. The number of allylic oxidation sites excluding steroid dienone is 1. The van der Waals surface area contributed by atoms with Crippen molar-refractivity contribution < 1.29 is 5.11 Å². The molecule has 0 atom stereocenters. The summed E-state index contributed by atoms with van der Waals surface area (Å²) < 4.78 is 2.18. The van der Waals surface area contributed by atoms with E-state index in [2.05, 4.69) is 4.99 Å². The SMILES string of the molecule is Cn1c(O)c(C=C2C=Nc3ccccc32)c(=O)n(-c2cccc3ccccc23)c1=O. The van der Waals surface area contributed by atoms with Crippen LogP contribution in [0.15, 0.2) is 81.3 Å². The lowest BCUT2D eigenvalue weighted by Crippen LogP contribution is -2.39. The first-order chi connectivity index (χ1) is 14.6. The molecule has 146 valence electrons. The van der Waals surface area contributed by atoms with E-state index in [-0.39, 0.29) is 11.4 Å². The summed E-state index contributed by atoms with van der Waals surface area (Å²) in [6.07, 6.45) is 3.23. The number of aliphatic imine (C=N–C) groups is 1. The van der Waals surface area contributed by atoms with Crippen molar-refractivity contribution in [2.75, 3.05) is 0 Å². The summed E-state index contributed by atoms with van der Waals surface area (Å²) in [6, 6.07) is 20.5. The molecule has 4 aromatic rings. The van der Waals surface area contributed by atoms with Crippen LogP contribution in [0.2, 0.25) is 0 Å². The quantitative estimate of drug-likeness (QED) is 0.563. The molecule has 1 aliphatic rings. The molecule has 0 aliphatic carbocycles. The number of rotatable bonds is 2. The zero-order chi connectivity index (χ0) is 20.8. The Kier molecular flexibility index (Phi) is 3.99. The first-order valence-corrected chi connectivity index (χ1v) is 9.44. The van der Waals surface area contributed by atoms with E-state index in [1.54, 1.807) is 24.4 Å². The fourth-order valence-electron chi connectivity index (χ4n) is 3.78.